The third-order valence-electron chi connectivity index (χ3n) is 6.39. The minimum Gasteiger partial charge on any atom is -0.417 e. The predicted molar refractivity (Wildman–Crippen MR) is 124 cm³/mol. The average Bonchev–Trinajstić information content (AvgIpc) is 2.91. The van der Waals surface area contributed by atoms with Crippen molar-refractivity contribution in [3.63, 3.8) is 0 Å². The summed E-state index contributed by atoms with van der Waals surface area (Å²) in [6, 6.07) is 19.6. The van der Waals surface area contributed by atoms with E-state index in [4.69, 9.17) is 4.43 Å². The van der Waals surface area contributed by atoms with Crippen molar-refractivity contribution in [2.45, 2.75) is 65.2 Å². The monoisotopic (exact) mass is 393 g/mol. The van der Waals surface area contributed by atoms with E-state index in [-0.39, 0.29) is 5.04 Å². The first-order chi connectivity index (χ1) is 13.2. The molecule has 3 aromatic rings. The maximum Gasteiger partial charge on any atom is 0.191 e. The summed E-state index contributed by atoms with van der Waals surface area (Å²) in [5.41, 5.74) is 5.55. The normalized spacial score (nSPS) is 12.6. The van der Waals surface area contributed by atoms with E-state index in [0.29, 0.717) is 0 Å². The van der Waals surface area contributed by atoms with E-state index in [0.717, 1.165) is 26.0 Å². The Kier molecular flexibility index (Phi) is 6.16. The van der Waals surface area contributed by atoms with Crippen LogP contribution in [0.25, 0.3) is 10.9 Å². The van der Waals surface area contributed by atoms with Gasteiger partial charge >= 0.3 is 0 Å². The van der Waals surface area contributed by atoms with Crippen LogP contribution in [0, 0.1) is 6.92 Å². The minimum absolute atomic E-state index is 0.272. The van der Waals surface area contributed by atoms with Crippen LogP contribution in [0.15, 0.2) is 54.6 Å². The van der Waals surface area contributed by atoms with Crippen molar-refractivity contribution in [1.29, 1.82) is 0 Å². The van der Waals surface area contributed by atoms with Gasteiger partial charge in [0.15, 0.2) is 8.32 Å². The van der Waals surface area contributed by atoms with E-state index < -0.39 is 8.32 Å². The Bertz CT molecular complexity index is 919. The molecule has 2 aromatic carbocycles. The molecule has 0 aliphatic carbocycles. The molecule has 0 N–H and O–H groups in total. The van der Waals surface area contributed by atoms with Crippen LogP contribution >= 0.6 is 0 Å². The molecule has 0 spiro atoms. The molecule has 0 bridgehead atoms. The van der Waals surface area contributed by atoms with Crippen molar-refractivity contribution in [2.75, 3.05) is 6.61 Å². The summed E-state index contributed by atoms with van der Waals surface area (Å²) >= 11 is 0. The van der Waals surface area contributed by atoms with Gasteiger partial charge in [0.25, 0.3) is 0 Å². The molecule has 0 saturated heterocycles. The second-order valence-electron chi connectivity index (χ2n) is 9.37. The topological polar surface area (TPSA) is 14.2 Å². The van der Waals surface area contributed by atoms with Gasteiger partial charge in [-0.05, 0) is 55.1 Å². The summed E-state index contributed by atoms with van der Waals surface area (Å²) in [5.74, 6) is 0. The molecule has 1 heterocycles. The number of benzene rings is 2. The van der Waals surface area contributed by atoms with E-state index in [1.54, 1.807) is 0 Å². The zero-order chi connectivity index (χ0) is 20.4. The maximum absolute atomic E-state index is 6.40. The Balaban J connectivity index is 1.78. The third kappa shape index (κ3) is 4.42. The first-order valence-corrected chi connectivity index (χ1v) is 13.4. The van der Waals surface area contributed by atoms with Crippen molar-refractivity contribution < 1.29 is 4.43 Å². The molecule has 150 valence electrons. The van der Waals surface area contributed by atoms with Crippen LogP contribution in [-0.4, -0.2) is 19.5 Å². The second kappa shape index (κ2) is 8.26. The fraction of sp³-hybridized carbons (Fsp3) is 0.440. The van der Waals surface area contributed by atoms with Crippen molar-refractivity contribution >= 4 is 19.2 Å². The lowest BCUT2D eigenvalue weighted by molar-refractivity contribution is 0.282. The lowest BCUT2D eigenvalue weighted by Crippen LogP contribution is -2.41. The molecule has 1 aromatic heterocycles. The molecule has 3 heteroatoms. The zero-order valence-electron chi connectivity index (χ0n) is 18.4. The number of hydrogen-bond acceptors (Lipinski definition) is 1. The summed E-state index contributed by atoms with van der Waals surface area (Å²) in [5, 5.41) is 1.66. The van der Waals surface area contributed by atoms with Crippen LogP contribution in [-0.2, 0) is 17.4 Å². The third-order valence-corrected chi connectivity index (χ3v) is 10.9. The Morgan fingerprint density at radius 1 is 0.929 bits per heavy atom. The van der Waals surface area contributed by atoms with Gasteiger partial charge in [-0.25, -0.2) is 0 Å². The highest BCUT2D eigenvalue weighted by molar-refractivity contribution is 6.74. The van der Waals surface area contributed by atoms with Gasteiger partial charge < -0.3 is 8.99 Å². The highest BCUT2D eigenvalue weighted by Gasteiger charge is 2.36. The molecular weight excluding hydrogens is 358 g/mol. The van der Waals surface area contributed by atoms with Gasteiger partial charge in [-0.3, -0.25) is 0 Å². The largest absolute Gasteiger partial charge is 0.417 e. The first-order valence-electron chi connectivity index (χ1n) is 10.5. The number of aromatic nitrogens is 1. The Morgan fingerprint density at radius 2 is 1.57 bits per heavy atom. The van der Waals surface area contributed by atoms with E-state index in [2.05, 4.69) is 100.0 Å². The highest BCUT2D eigenvalue weighted by Crippen LogP contribution is 2.36. The van der Waals surface area contributed by atoms with Gasteiger partial charge in [-0.2, -0.15) is 0 Å². The van der Waals surface area contributed by atoms with Gasteiger partial charge in [0.1, 0.15) is 0 Å². The lowest BCUT2D eigenvalue weighted by atomic mass is 10.1. The van der Waals surface area contributed by atoms with Crippen LogP contribution < -0.4 is 0 Å². The SMILES string of the molecule is Cc1c(CCCO[Si](C)(C)C(C)(C)C)c2ccccc2n1Cc1ccccc1. The van der Waals surface area contributed by atoms with Crippen molar-refractivity contribution in [3.05, 3.63) is 71.4 Å². The Labute approximate surface area is 171 Å². The number of fused-ring (bicyclic) bond motifs is 1. The summed E-state index contributed by atoms with van der Waals surface area (Å²) in [7, 11) is -1.66. The molecule has 3 rings (SSSR count). The Morgan fingerprint density at radius 3 is 2.25 bits per heavy atom. The fourth-order valence-electron chi connectivity index (χ4n) is 3.58. The van der Waals surface area contributed by atoms with Crippen molar-refractivity contribution in [3.8, 4) is 0 Å². The average molecular weight is 394 g/mol. The molecule has 0 fully saturated rings. The van der Waals surface area contributed by atoms with Gasteiger partial charge in [-0.15, -0.1) is 0 Å². The molecule has 0 aliphatic heterocycles. The van der Waals surface area contributed by atoms with Crippen LogP contribution in [0.1, 0.15) is 44.0 Å². The molecule has 2 nitrogen and oxygen atoms in total. The molecule has 0 amide bonds. The predicted octanol–water partition coefficient (Wildman–Crippen LogP) is 6.95. The molecule has 0 atom stereocenters. The van der Waals surface area contributed by atoms with Crippen LogP contribution in [0.5, 0.6) is 0 Å². The molecular formula is C25H35NOSi. The van der Waals surface area contributed by atoms with E-state index in [1.807, 2.05) is 0 Å². The number of rotatable bonds is 7. The lowest BCUT2D eigenvalue weighted by Gasteiger charge is -2.36. The minimum atomic E-state index is -1.66. The molecule has 0 radical (unpaired) electrons. The summed E-state index contributed by atoms with van der Waals surface area (Å²) in [6.07, 6.45) is 2.15. The van der Waals surface area contributed by atoms with Gasteiger partial charge in [0, 0.05) is 29.7 Å². The van der Waals surface area contributed by atoms with Crippen LogP contribution in [0.4, 0.5) is 0 Å². The van der Waals surface area contributed by atoms with E-state index in [1.165, 1.54) is 27.7 Å². The highest BCUT2D eigenvalue weighted by atomic mass is 28.4. The number of nitrogens with zero attached hydrogens (tertiary/aromatic N) is 1. The van der Waals surface area contributed by atoms with E-state index >= 15 is 0 Å². The first kappa shape index (κ1) is 20.9. The van der Waals surface area contributed by atoms with Crippen molar-refractivity contribution in [1.82, 2.24) is 4.57 Å². The summed E-state index contributed by atoms with van der Waals surface area (Å²) < 4.78 is 8.87. The smallest absolute Gasteiger partial charge is 0.191 e. The van der Waals surface area contributed by atoms with Crippen LogP contribution in [0.3, 0.4) is 0 Å². The summed E-state index contributed by atoms with van der Waals surface area (Å²) in [6.45, 7) is 15.6. The molecule has 0 aliphatic rings. The van der Waals surface area contributed by atoms with E-state index in [9.17, 15) is 0 Å². The van der Waals surface area contributed by atoms with Gasteiger partial charge in [0.2, 0.25) is 0 Å². The fourth-order valence-corrected chi connectivity index (χ4v) is 4.67. The zero-order valence-corrected chi connectivity index (χ0v) is 19.4. The molecule has 0 saturated carbocycles. The maximum atomic E-state index is 6.40. The molecule has 28 heavy (non-hydrogen) atoms. The van der Waals surface area contributed by atoms with Crippen molar-refractivity contribution in [2.24, 2.45) is 0 Å². The number of hydrogen-bond donors (Lipinski definition) is 0. The quantitative estimate of drug-likeness (QED) is 0.313. The second-order valence-corrected chi connectivity index (χ2v) is 14.2. The van der Waals surface area contributed by atoms with Gasteiger partial charge in [-0.1, -0.05) is 69.3 Å². The molecule has 0 unspecified atom stereocenters. The summed E-state index contributed by atoms with van der Waals surface area (Å²) in [4.78, 5) is 0. The van der Waals surface area contributed by atoms with Gasteiger partial charge in [0.05, 0.1) is 0 Å². The number of para-hydroxylation sites is 1. The van der Waals surface area contributed by atoms with Crippen LogP contribution in [0.2, 0.25) is 18.1 Å². The number of aryl methyl sites for hydroxylation is 1. The standard InChI is InChI=1S/C25H35NOSi/c1-20-22(16-12-18-27-28(5,6)25(2,3)4)23-15-10-11-17-24(23)26(20)19-21-13-8-7-9-14-21/h7-11,13-15,17H,12,16,18-19H2,1-6H3. The Hall–Kier alpha value is -1.84.